The quantitative estimate of drug-likeness (QED) is 0.116. The number of hydrogen-bond donors (Lipinski definition) is 0. The number of hydrogen-bond acceptors (Lipinski definition) is 5. The molecule has 0 radical (unpaired) electrons. The van der Waals surface area contributed by atoms with Gasteiger partial charge in [0.05, 0.1) is 0 Å². The Bertz CT molecular complexity index is 1450. The first-order valence-corrected chi connectivity index (χ1v) is 24.9. The standard InChI is InChI=1S/C24H10Br8O5Te2/c25-13-14(26)18(30)22-21(17(13)29)33-38(34-22,11-7-3-1-4-8-11)37-39(12-9-5-2-6-10-12)35-23-19(31)15(27)16(28)20(32)24(23)36-39/h1-10H. The summed E-state index contributed by atoms with van der Waals surface area (Å²) in [7, 11) is 0. The van der Waals surface area contributed by atoms with E-state index in [1.807, 2.05) is 60.7 Å². The molecule has 4 aromatic carbocycles. The molecule has 0 N–H and O–H groups in total. The van der Waals surface area contributed by atoms with E-state index in [1.165, 1.54) is 0 Å². The van der Waals surface area contributed by atoms with Crippen molar-refractivity contribution in [1.29, 1.82) is 0 Å². The van der Waals surface area contributed by atoms with Crippen molar-refractivity contribution >= 4 is 173 Å². The third-order valence-corrected chi connectivity index (χ3v) is 31.9. The summed E-state index contributed by atoms with van der Waals surface area (Å²) in [5.74, 6) is 2.15. The van der Waals surface area contributed by atoms with Crippen LogP contribution in [0.2, 0.25) is 0 Å². The summed E-state index contributed by atoms with van der Waals surface area (Å²) in [5.41, 5.74) is 0. The van der Waals surface area contributed by atoms with Gasteiger partial charge in [0.1, 0.15) is 0 Å². The summed E-state index contributed by atoms with van der Waals surface area (Å²) < 4.78 is 42.0. The zero-order valence-electron chi connectivity index (χ0n) is 18.7. The minimum atomic E-state index is -4.51. The Morgan fingerprint density at radius 2 is 0.641 bits per heavy atom. The molecule has 0 aromatic heterocycles. The molecule has 0 aliphatic carbocycles. The van der Waals surface area contributed by atoms with Gasteiger partial charge in [0.15, 0.2) is 0 Å². The fourth-order valence-corrected chi connectivity index (χ4v) is 28.8. The van der Waals surface area contributed by atoms with E-state index in [0.717, 1.165) is 25.1 Å². The monoisotopic (exact) mass is 1270 g/mol. The van der Waals surface area contributed by atoms with Gasteiger partial charge in [0.25, 0.3) is 0 Å². The molecule has 0 atom stereocenters. The predicted octanol–water partition coefficient (Wildman–Crippen LogP) is 9.74. The average Bonchev–Trinajstić information content (AvgIpc) is 3.55. The summed E-state index contributed by atoms with van der Waals surface area (Å²) in [4.78, 5) is 0. The molecular weight excluding hydrogens is 1260 g/mol. The molecule has 2 heterocycles. The van der Waals surface area contributed by atoms with Crippen LogP contribution in [-0.2, 0) is 1.47 Å². The molecule has 0 fully saturated rings. The summed E-state index contributed by atoms with van der Waals surface area (Å²) in [6.45, 7) is 0. The molecule has 2 aliphatic heterocycles. The fourth-order valence-electron chi connectivity index (χ4n) is 3.57. The number of halogens is 8. The number of benzene rings is 4. The van der Waals surface area contributed by atoms with Gasteiger partial charge in [0, 0.05) is 0 Å². The van der Waals surface area contributed by atoms with E-state index < -0.39 is 38.8 Å². The first-order valence-electron chi connectivity index (χ1n) is 10.6. The van der Waals surface area contributed by atoms with Gasteiger partial charge in [-0.05, 0) is 0 Å². The second-order valence-electron chi connectivity index (χ2n) is 7.76. The van der Waals surface area contributed by atoms with Crippen LogP contribution >= 0.6 is 127 Å². The fraction of sp³-hybridized carbons (Fsp3) is 0. The second-order valence-corrected chi connectivity index (χ2v) is 26.9. The molecule has 0 amide bonds. The van der Waals surface area contributed by atoms with Crippen LogP contribution in [-0.4, -0.2) is 38.8 Å². The zero-order valence-corrected chi connectivity index (χ0v) is 36.0. The third kappa shape index (κ3) is 5.17. The number of fused-ring (bicyclic) bond motifs is 2. The van der Waals surface area contributed by atoms with Gasteiger partial charge < -0.3 is 0 Å². The Morgan fingerprint density at radius 3 is 0.897 bits per heavy atom. The van der Waals surface area contributed by atoms with E-state index in [0.29, 0.717) is 40.9 Å². The summed E-state index contributed by atoms with van der Waals surface area (Å²) in [5, 5.41) is 0. The van der Waals surface area contributed by atoms with Crippen molar-refractivity contribution in [3.8, 4) is 23.0 Å². The van der Waals surface area contributed by atoms with E-state index >= 15 is 0 Å². The van der Waals surface area contributed by atoms with Crippen molar-refractivity contribution in [2.75, 3.05) is 0 Å². The normalized spacial score (nSPS) is 17.6. The molecule has 0 saturated carbocycles. The molecule has 0 unspecified atom stereocenters. The van der Waals surface area contributed by atoms with Crippen LogP contribution in [0.4, 0.5) is 0 Å². The summed E-state index contributed by atoms with van der Waals surface area (Å²) in [6.07, 6.45) is 0. The Labute approximate surface area is 301 Å². The Hall–Kier alpha value is 1.46. The Balaban J connectivity index is 1.56. The topological polar surface area (TPSA) is 46.2 Å². The van der Waals surface area contributed by atoms with Gasteiger partial charge in [-0.2, -0.15) is 0 Å². The van der Waals surface area contributed by atoms with Crippen LogP contribution in [0, 0.1) is 0 Å². The molecule has 0 bridgehead atoms. The minimum absolute atomic E-state index is 0.538. The van der Waals surface area contributed by atoms with Crippen LogP contribution < -0.4 is 19.6 Å². The first kappa shape index (κ1) is 30.5. The van der Waals surface area contributed by atoms with Gasteiger partial charge in [-0.25, -0.2) is 0 Å². The first-order chi connectivity index (χ1) is 18.6. The van der Waals surface area contributed by atoms with Crippen molar-refractivity contribution < 1.29 is 13.9 Å². The van der Waals surface area contributed by atoms with E-state index in [9.17, 15) is 0 Å². The maximum atomic E-state index is 7.21. The van der Waals surface area contributed by atoms with Crippen LogP contribution in [0.25, 0.3) is 0 Å². The van der Waals surface area contributed by atoms with Crippen molar-refractivity contribution in [1.82, 2.24) is 0 Å². The zero-order chi connectivity index (χ0) is 27.7. The molecule has 6 rings (SSSR count). The van der Waals surface area contributed by atoms with Gasteiger partial charge in [0.2, 0.25) is 0 Å². The summed E-state index contributed by atoms with van der Waals surface area (Å²) >= 11 is 20.2. The molecule has 39 heavy (non-hydrogen) atoms. The van der Waals surface area contributed by atoms with E-state index in [-0.39, 0.29) is 0 Å². The Morgan fingerprint density at radius 1 is 0.385 bits per heavy atom. The molecule has 204 valence electrons. The molecule has 5 nitrogen and oxygen atoms in total. The molecule has 2 aliphatic rings. The van der Waals surface area contributed by atoms with E-state index in [4.69, 9.17) is 13.9 Å². The van der Waals surface area contributed by atoms with E-state index in [2.05, 4.69) is 127 Å². The van der Waals surface area contributed by atoms with Crippen LogP contribution in [0.1, 0.15) is 0 Å². The molecule has 4 aromatic rings. The van der Waals surface area contributed by atoms with Crippen molar-refractivity contribution in [2.24, 2.45) is 0 Å². The molecule has 15 heteroatoms. The van der Waals surface area contributed by atoms with Gasteiger partial charge >= 0.3 is 307 Å². The predicted molar refractivity (Wildman–Crippen MR) is 182 cm³/mol. The third-order valence-electron chi connectivity index (χ3n) is 5.38. The van der Waals surface area contributed by atoms with Crippen LogP contribution in [0.15, 0.2) is 96.4 Å². The summed E-state index contributed by atoms with van der Waals surface area (Å²) in [6, 6.07) is 19.5. The Kier molecular flexibility index (Phi) is 9.19. The van der Waals surface area contributed by atoms with Crippen molar-refractivity contribution in [3.63, 3.8) is 0 Å². The van der Waals surface area contributed by atoms with Gasteiger partial charge in [-0.15, -0.1) is 0 Å². The SMILES string of the molecule is Brc1c(Br)c(Br)c2c(c1Br)O[Te](O[Te]1(c3ccccc3)Oc3c(Br)c(Br)c(Br)c(Br)c3O1)(c1ccccc1)O2. The van der Waals surface area contributed by atoms with Crippen LogP contribution in [0.5, 0.6) is 23.0 Å². The van der Waals surface area contributed by atoms with Crippen molar-refractivity contribution in [2.45, 2.75) is 0 Å². The maximum absolute atomic E-state index is 7.21. The molecule has 0 spiro atoms. The van der Waals surface area contributed by atoms with Crippen LogP contribution in [0.3, 0.4) is 0 Å². The number of rotatable bonds is 4. The molecular formula is C24H10Br8O5Te2. The van der Waals surface area contributed by atoms with E-state index in [1.54, 1.807) is 0 Å². The van der Waals surface area contributed by atoms with Crippen molar-refractivity contribution in [3.05, 3.63) is 96.4 Å². The van der Waals surface area contributed by atoms with Gasteiger partial charge in [-0.1, -0.05) is 0 Å². The second kappa shape index (κ2) is 11.8. The van der Waals surface area contributed by atoms with Gasteiger partial charge in [-0.3, -0.25) is 0 Å². The average molecular weight is 1270 g/mol. The molecule has 0 saturated heterocycles.